The van der Waals surface area contributed by atoms with Gasteiger partial charge in [0, 0.05) is 12.0 Å². The molecule has 28 heavy (non-hydrogen) atoms. The molecule has 1 aromatic heterocycles. The van der Waals surface area contributed by atoms with Crippen molar-refractivity contribution in [2.75, 3.05) is 0 Å². The summed E-state index contributed by atoms with van der Waals surface area (Å²) in [5.41, 5.74) is 1.16. The van der Waals surface area contributed by atoms with Crippen LogP contribution in [-0.4, -0.2) is 26.3 Å². The Morgan fingerprint density at radius 1 is 1.25 bits per heavy atom. The summed E-state index contributed by atoms with van der Waals surface area (Å²) in [6, 6.07) is 13.3. The highest BCUT2D eigenvalue weighted by Gasteiger charge is 2.13. The van der Waals surface area contributed by atoms with Crippen molar-refractivity contribution in [1.82, 2.24) is 15.2 Å². The SMILES string of the molecule is CCc1nc(S/C(=C\c2ccc(OCc3ccccc3F)cc2)C(=O)O)n[nH]1. The van der Waals surface area contributed by atoms with Gasteiger partial charge in [-0.15, -0.1) is 5.10 Å². The van der Waals surface area contributed by atoms with Crippen molar-refractivity contribution < 1.29 is 19.0 Å². The average Bonchev–Trinajstić information content (AvgIpc) is 3.15. The van der Waals surface area contributed by atoms with Gasteiger partial charge >= 0.3 is 5.97 Å². The Labute approximate surface area is 165 Å². The summed E-state index contributed by atoms with van der Waals surface area (Å²) < 4.78 is 19.2. The van der Waals surface area contributed by atoms with Crippen LogP contribution in [0.1, 0.15) is 23.9 Å². The highest BCUT2D eigenvalue weighted by molar-refractivity contribution is 8.04. The van der Waals surface area contributed by atoms with Crippen molar-refractivity contribution in [3.05, 3.63) is 76.2 Å². The number of hydrogen-bond acceptors (Lipinski definition) is 5. The van der Waals surface area contributed by atoms with Gasteiger partial charge in [-0.05, 0) is 41.6 Å². The second-order valence-electron chi connectivity index (χ2n) is 5.78. The summed E-state index contributed by atoms with van der Waals surface area (Å²) >= 11 is 0.976. The molecular formula is C20H18FN3O3S. The Morgan fingerprint density at radius 2 is 2.00 bits per heavy atom. The minimum atomic E-state index is -1.06. The van der Waals surface area contributed by atoms with E-state index in [2.05, 4.69) is 15.2 Å². The monoisotopic (exact) mass is 399 g/mol. The lowest BCUT2D eigenvalue weighted by molar-refractivity contribution is -0.131. The highest BCUT2D eigenvalue weighted by Crippen LogP contribution is 2.26. The summed E-state index contributed by atoms with van der Waals surface area (Å²) in [4.78, 5) is 15.8. The van der Waals surface area contributed by atoms with Crippen molar-refractivity contribution in [3.8, 4) is 5.75 Å². The van der Waals surface area contributed by atoms with Crippen LogP contribution in [0.15, 0.2) is 58.6 Å². The molecule has 0 saturated heterocycles. The standard InChI is InChI=1S/C20H18FN3O3S/c1-2-18-22-20(24-23-18)28-17(19(25)26)11-13-7-9-15(10-8-13)27-12-14-5-3-4-6-16(14)21/h3-11H,2,12H2,1H3,(H,25,26)(H,22,23,24)/b17-11-. The molecule has 0 atom stereocenters. The molecule has 0 aliphatic carbocycles. The molecule has 3 aromatic rings. The number of thioether (sulfide) groups is 1. The Hall–Kier alpha value is -3.13. The third-order valence-electron chi connectivity index (χ3n) is 3.79. The molecule has 0 unspecified atom stereocenters. The van der Waals surface area contributed by atoms with Crippen LogP contribution in [0.3, 0.4) is 0 Å². The Kier molecular flexibility index (Phi) is 6.44. The number of hydrogen-bond donors (Lipinski definition) is 2. The van der Waals surface area contributed by atoms with E-state index in [9.17, 15) is 14.3 Å². The van der Waals surface area contributed by atoms with E-state index in [4.69, 9.17) is 4.74 Å². The first-order chi connectivity index (χ1) is 13.5. The molecule has 1 heterocycles. The maximum absolute atomic E-state index is 13.6. The van der Waals surface area contributed by atoms with Crippen LogP contribution in [0.4, 0.5) is 4.39 Å². The molecular weight excluding hydrogens is 381 g/mol. The molecule has 0 amide bonds. The number of aliphatic carboxylic acids is 1. The maximum Gasteiger partial charge on any atom is 0.342 e. The van der Waals surface area contributed by atoms with Gasteiger partial charge in [0.1, 0.15) is 28.9 Å². The fourth-order valence-electron chi connectivity index (χ4n) is 2.30. The number of halogens is 1. The fourth-order valence-corrected chi connectivity index (χ4v) is 3.03. The van der Waals surface area contributed by atoms with E-state index in [1.165, 1.54) is 12.1 Å². The lowest BCUT2D eigenvalue weighted by Crippen LogP contribution is -1.98. The van der Waals surface area contributed by atoms with Crippen LogP contribution in [0.25, 0.3) is 6.08 Å². The van der Waals surface area contributed by atoms with E-state index in [1.54, 1.807) is 42.5 Å². The molecule has 6 nitrogen and oxygen atoms in total. The van der Waals surface area contributed by atoms with Crippen LogP contribution in [-0.2, 0) is 17.8 Å². The molecule has 0 aliphatic rings. The van der Waals surface area contributed by atoms with Crippen molar-refractivity contribution >= 4 is 23.8 Å². The highest BCUT2D eigenvalue weighted by atomic mass is 32.2. The zero-order valence-corrected chi connectivity index (χ0v) is 15.9. The van der Waals surface area contributed by atoms with Gasteiger partial charge in [0.05, 0.1) is 0 Å². The molecule has 0 saturated carbocycles. The van der Waals surface area contributed by atoms with Gasteiger partial charge in [-0.3, -0.25) is 5.10 Å². The lowest BCUT2D eigenvalue weighted by Gasteiger charge is -2.07. The number of aromatic nitrogens is 3. The van der Waals surface area contributed by atoms with E-state index < -0.39 is 5.97 Å². The number of carboxylic acids is 1. The van der Waals surface area contributed by atoms with Crippen LogP contribution in [0, 0.1) is 5.82 Å². The molecule has 0 fully saturated rings. The first kappa shape index (κ1) is 19.6. The molecule has 0 spiro atoms. The predicted octanol–water partition coefficient (Wildman–Crippen LogP) is 4.30. The smallest absolute Gasteiger partial charge is 0.342 e. The average molecular weight is 399 g/mol. The van der Waals surface area contributed by atoms with Crippen LogP contribution >= 0.6 is 11.8 Å². The van der Waals surface area contributed by atoms with Gasteiger partial charge in [-0.25, -0.2) is 14.2 Å². The van der Waals surface area contributed by atoms with E-state index in [-0.39, 0.29) is 17.3 Å². The topological polar surface area (TPSA) is 88.1 Å². The molecule has 2 aromatic carbocycles. The normalized spacial score (nSPS) is 11.4. The minimum absolute atomic E-state index is 0.0988. The third-order valence-corrected chi connectivity index (χ3v) is 4.67. The number of H-pyrrole nitrogens is 1. The van der Waals surface area contributed by atoms with E-state index in [0.29, 0.717) is 34.3 Å². The molecule has 0 bridgehead atoms. The molecule has 8 heteroatoms. The van der Waals surface area contributed by atoms with Crippen molar-refractivity contribution in [3.63, 3.8) is 0 Å². The van der Waals surface area contributed by atoms with Gasteiger partial charge in [0.2, 0.25) is 5.16 Å². The summed E-state index contributed by atoms with van der Waals surface area (Å²) in [7, 11) is 0. The number of ether oxygens (including phenoxy) is 1. The fraction of sp³-hybridized carbons (Fsp3) is 0.150. The second kappa shape index (κ2) is 9.18. The number of aromatic amines is 1. The summed E-state index contributed by atoms with van der Waals surface area (Å²) in [6.45, 7) is 2.04. The van der Waals surface area contributed by atoms with E-state index >= 15 is 0 Å². The van der Waals surface area contributed by atoms with Gasteiger partial charge in [0.15, 0.2) is 0 Å². The van der Waals surface area contributed by atoms with Gasteiger partial charge in [-0.2, -0.15) is 0 Å². The second-order valence-corrected chi connectivity index (χ2v) is 6.79. The van der Waals surface area contributed by atoms with E-state index in [0.717, 1.165) is 11.8 Å². The maximum atomic E-state index is 13.6. The van der Waals surface area contributed by atoms with Crippen molar-refractivity contribution in [2.24, 2.45) is 0 Å². The first-order valence-electron chi connectivity index (χ1n) is 8.55. The molecule has 0 radical (unpaired) electrons. The number of nitrogens with zero attached hydrogens (tertiary/aromatic N) is 2. The van der Waals surface area contributed by atoms with Crippen molar-refractivity contribution in [1.29, 1.82) is 0 Å². The van der Waals surface area contributed by atoms with Gasteiger partial charge < -0.3 is 9.84 Å². The molecule has 3 rings (SSSR count). The van der Waals surface area contributed by atoms with E-state index in [1.807, 2.05) is 6.92 Å². The zero-order valence-electron chi connectivity index (χ0n) is 15.1. The van der Waals surface area contributed by atoms with Crippen LogP contribution < -0.4 is 4.74 Å². The Balaban J connectivity index is 1.68. The molecule has 2 N–H and O–H groups in total. The third kappa shape index (κ3) is 5.20. The lowest BCUT2D eigenvalue weighted by atomic mass is 10.2. The Morgan fingerprint density at radius 3 is 2.64 bits per heavy atom. The number of carbonyl (C=O) groups is 1. The number of rotatable bonds is 8. The zero-order chi connectivity index (χ0) is 19.9. The van der Waals surface area contributed by atoms with Gasteiger partial charge in [-0.1, -0.05) is 37.3 Å². The van der Waals surface area contributed by atoms with Crippen LogP contribution in [0.2, 0.25) is 0 Å². The Bertz CT molecular complexity index is 986. The van der Waals surface area contributed by atoms with Crippen molar-refractivity contribution in [2.45, 2.75) is 25.1 Å². The van der Waals surface area contributed by atoms with Gasteiger partial charge in [0.25, 0.3) is 0 Å². The minimum Gasteiger partial charge on any atom is -0.489 e. The number of benzene rings is 2. The predicted molar refractivity (Wildman–Crippen MR) is 104 cm³/mol. The number of nitrogens with one attached hydrogen (secondary N) is 1. The number of carboxylic acid groups (broad SMARTS) is 1. The number of aryl methyl sites for hydroxylation is 1. The quantitative estimate of drug-likeness (QED) is 0.434. The summed E-state index contributed by atoms with van der Waals surface area (Å²) in [6.07, 6.45) is 2.23. The summed E-state index contributed by atoms with van der Waals surface area (Å²) in [5, 5.41) is 16.5. The summed E-state index contributed by atoms with van der Waals surface area (Å²) in [5.74, 6) is -0.119. The molecule has 0 aliphatic heterocycles. The van der Waals surface area contributed by atoms with Crippen LogP contribution in [0.5, 0.6) is 5.75 Å². The largest absolute Gasteiger partial charge is 0.489 e. The molecule has 144 valence electrons. The first-order valence-corrected chi connectivity index (χ1v) is 9.37.